The minimum Gasteiger partial charge on any atom is -0.457 e. The molecular formula is C38H41N3O7. The smallest absolute Gasteiger partial charge is 0.323 e. The van der Waals surface area contributed by atoms with Crippen molar-refractivity contribution in [2.75, 3.05) is 43.5 Å². The van der Waals surface area contributed by atoms with E-state index >= 15 is 0 Å². The SMILES string of the molecule is O=C(Nc1ccc(Oc2ccccc2)cc1)Nc1ccc(C2OC(CN3CCC4(CC3)OCCO4)CC(c3ccc(CO)cc3)O2)cc1. The number of ether oxygens (including phenoxy) is 5. The number of carbonyl (C=O) groups excluding carboxylic acids is 1. The third-order valence-corrected chi connectivity index (χ3v) is 9.04. The standard InChI is InChI=1S/C38H41N3O7/c42-26-27-6-8-28(9-7-27)35-24-34(25-41-20-18-38(19-21-41)44-22-23-45-38)47-36(48-35)29-10-12-30(13-11-29)39-37(43)40-31-14-16-33(17-15-31)46-32-4-2-1-3-5-32/h1-17,34-36,42H,18-26H2,(H2,39,40,43). The monoisotopic (exact) mass is 651 g/mol. The molecule has 0 saturated carbocycles. The summed E-state index contributed by atoms with van der Waals surface area (Å²) in [5.74, 6) is 1.01. The van der Waals surface area contributed by atoms with Gasteiger partial charge in [0.25, 0.3) is 0 Å². The van der Waals surface area contributed by atoms with Crippen LogP contribution in [0.5, 0.6) is 11.5 Å². The van der Waals surface area contributed by atoms with Gasteiger partial charge in [-0.25, -0.2) is 4.79 Å². The number of carbonyl (C=O) groups is 1. The largest absolute Gasteiger partial charge is 0.457 e. The maximum atomic E-state index is 12.8. The van der Waals surface area contributed by atoms with Crippen LogP contribution < -0.4 is 15.4 Å². The summed E-state index contributed by atoms with van der Waals surface area (Å²) < 4.78 is 30.8. The number of benzene rings is 4. The number of aliphatic hydroxyl groups is 1. The van der Waals surface area contributed by atoms with Crippen molar-refractivity contribution in [1.29, 1.82) is 0 Å². The molecule has 0 aliphatic carbocycles. The highest BCUT2D eigenvalue weighted by atomic mass is 16.7. The van der Waals surface area contributed by atoms with Crippen molar-refractivity contribution < 1.29 is 33.6 Å². The highest BCUT2D eigenvalue weighted by Gasteiger charge is 2.41. The number of piperidine rings is 1. The van der Waals surface area contributed by atoms with Crippen LogP contribution in [-0.4, -0.2) is 60.8 Å². The van der Waals surface area contributed by atoms with Crippen molar-refractivity contribution in [3.63, 3.8) is 0 Å². The minimum atomic E-state index is -0.580. The van der Waals surface area contributed by atoms with Crippen LogP contribution in [0.25, 0.3) is 0 Å². The number of urea groups is 1. The number of likely N-dealkylation sites (tertiary alicyclic amines) is 1. The fourth-order valence-electron chi connectivity index (χ4n) is 6.43. The summed E-state index contributed by atoms with van der Waals surface area (Å²) in [6, 6.07) is 31.8. The molecule has 3 N–H and O–H groups in total. The molecule has 4 aromatic carbocycles. The lowest BCUT2D eigenvalue weighted by atomic mass is 9.98. The summed E-state index contributed by atoms with van der Waals surface area (Å²) in [5.41, 5.74) is 4.05. The lowest BCUT2D eigenvalue weighted by molar-refractivity contribution is -0.255. The molecule has 10 heteroatoms. The molecule has 3 heterocycles. The topological polar surface area (TPSA) is 111 Å². The number of nitrogens with one attached hydrogen (secondary N) is 2. The fraction of sp³-hybridized carbons (Fsp3) is 0.342. The number of aliphatic hydroxyl groups excluding tert-OH is 1. The van der Waals surface area contributed by atoms with Crippen LogP contribution in [-0.2, 0) is 25.6 Å². The maximum absolute atomic E-state index is 12.8. The van der Waals surface area contributed by atoms with Crippen LogP contribution >= 0.6 is 0 Å². The van der Waals surface area contributed by atoms with Crippen LogP contribution in [0.1, 0.15) is 48.3 Å². The maximum Gasteiger partial charge on any atom is 0.323 e. The van der Waals surface area contributed by atoms with E-state index in [1.165, 1.54) is 0 Å². The lowest BCUT2D eigenvalue weighted by Crippen LogP contribution is -2.48. The molecule has 4 aromatic rings. The minimum absolute atomic E-state index is 0.00154. The van der Waals surface area contributed by atoms with Crippen molar-refractivity contribution in [2.24, 2.45) is 0 Å². The second-order valence-electron chi connectivity index (χ2n) is 12.4. The van der Waals surface area contributed by atoms with E-state index in [0.717, 1.165) is 54.9 Å². The zero-order valence-corrected chi connectivity index (χ0v) is 26.8. The summed E-state index contributed by atoms with van der Waals surface area (Å²) in [6.45, 7) is 3.88. The molecule has 10 nitrogen and oxygen atoms in total. The van der Waals surface area contributed by atoms with Crippen LogP contribution in [0.3, 0.4) is 0 Å². The van der Waals surface area contributed by atoms with Gasteiger partial charge in [0.1, 0.15) is 11.5 Å². The Hall–Kier alpha value is -4.29. The van der Waals surface area contributed by atoms with Gasteiger partial charge in [0.2, 0.25) is 0 Å². The van der Waals surface area contributed by atoms with E-state index in [0.29, 0.717) is 36.8 Å². The van der Waals surface area contributed by atoms with Crippen LogP contribution in [0.15, 0.2) is 103 Å². The number of hydrogen-bond acceptors (Lipinski definition) is 8. The summed E-state index contributed by atoms with van der Waals surface area (Å²) in [5, 5.41) is 15.3. The first-order valence-electron chi connectivity index (χ1n) is 16.5. The van der Waals surface area contributed by atoms with E-state index in [-0.39, 0.29) is 24.8 Å². The van der Waals surface area contributed by atoms with Crippen molar-refractivity contribution in [1.82, 2.24) is 4.90 Å². The van der Waals surface area contributed by atoms with Crippen molar-refractivity contribution in [3.05, 3.63) is 120 Å². The highest BCUT2D eigenvalue weighted by Crippen LogP contribution is 2.39. The summed E-state index contributed by atoms with van der Waals surface area (Å²) in [6.07, 6.45) is 1.60. The average molecular weight is 652 g/mol. The molecule has 3 fully saturated rings. The molecule has 7 rings (SSSR count). The van der Waals surface area contributed by atoms with Gasteiger partial charge in [-0.1, -0.05) is 54.6 Å². The molecule has 0 aromatic heterocycles. The Morgan fingerprint density at radius 1 is 0.771 bits per heavy atom. The Morgan fingerprint density at radius 2 is 1.38 bits per heavy atom. The molecule has 3 aliphatic rings. The Balaban J connectivity index is 0.973. The molecule has 3 saturated heterocycles. The van der Waals surface area contributed by atoms with Gasteiger partial charge >= 0.3 is 6.03 Å². The first-order chi connectivity index (χ1) is 23.5. The average Bonchev–Trinajstić information content (AvgIpc) is 3.59. The molecule has 0 radical (unpaired) electrons. The van der Waals surface area contributed by atoms with Crippen molar-refractivity contribution >= 4 is 17.4 Å². The highest BCUT2D eigenvalue weighted by molar-refractivity contribution is 5.99. The molecule has 3 aliphatic heterocycles. The number of nitrogens with zero attached hydrogens (tertiary/aromatic N) is 1. The van der Waals surface area contributed by atoms with Crippen molar-refractivity contribution in [3.8, 4) is 11.5 Å². The lowest BCUT2D eigenvalue weighted by Gasteiger charge is -2.41. The third-order valence-electron chi connectivity index (χ3n) is 9.04. The van der Waals surface area contributed by atoms with Crippen LogP contribution in [0, 0.1) is 0 Å². The second kappa shape index (κ2) is 14.9. The van der Waals surface area contributed by atoms with E-state index < -0.39 is 12.1 Å². The third kappa shape index (κ3) is 8.04. The zero-order chi connectivity index (χ0) is 32.8. The van der Waals surface area contributed by atoms with Gasteiger partial charge in [0.05, 0.1) is 32.0 Å². The van der Waals surface area contributed by atoms with Gasteiger partial charge in [-0.2, -0.15) is 0 Å². The van der Waals surface area contributed by atoms with E-state index in [1.54, 1.807) is 12.1 Å². The molecule has 0 bridgehead atoms. The summed E-state index contributed by atoms with van der Waals surface area (Å²) >= 11 is 0. The molecular weight excluding hydrogens is 610 g/mol. The first-order valence-corrected chi connectivity index (χ1v) is 16.5. The molecule has 1 spiro atoms. The van der Waals surface area contributed by atoms with Crippen LogP contribution in [0.2, 0.25) is 0 Å². The van der Waals surface area contributed by atoms with E-state index in [2.05, 4.69) is 15.5 Å². The quantitative estimate of drug-likeness (QED) is 0.178. The molecule has 250 valence electrons. The predicted octanol–water partition coefficient (Wildman–Crippen LogP) is 7.00. The zero-order valence-electron chi connectivity index (χ0n) is 26.8. The van der Waals surface area contributed by atoms with Gasteiger partial charge in [-0.3, -0.25) is 0 Å². The number of anilines is 2. The first kappa shape index (κ1) is 32.3. The number of para-hydroxylation sites is 1. The van der Waals surface area contributed by atoms with E-state index in [1.807, 2.05) is 91.0 Å². The van der Waals surface area contributed by atoms with Crippen LogP contribution in [0.4, 0.5) is 16.2 Å². The number of amides is 2. The molecule has 2 amide bonds. The second-order valence-corrected chi connectivity index (χ2v) is 12.4. The Morgan fingerprint density at radius 3 is 2.02 bits per heavy atom. The Bertz CT molecular complexity index is 1620. The van der Waals surface area contributed by atoms with E-state index in [9.17, 15) is 9.90 Å². The van der Waals surface area contributed by atoms with Gasteiger partial charge in [-0.15, -0.1) is 0 Å². The summed E-state index contributed by atoms with van der Waals surface area (Å²) in [4.78, 5) is 15.2. The fourth-order valence-corrected chi connectivity index (χ4v) is 6.43. The number of hydrogen-bond donors (Lipinski definition) is 3. The van der Waals surface area contributed by atoms with Crippen molar-refractivity contribution in [2.45, 2.75) is 50.2 Å². The summed E-state index contributed by atoms with van der Waals surface area (Å²) in [7, 11) is 0. The predicted molar refractivity (Wildman–Crippen MR) is 181 cm³/mol. The van der Waals surface area contributed by atoms with Gasteiger partial charge in [-0.05, 0) is 59.7 Å². The number of rotatable bonds is 9. The van der Waals surface area contributed by atoms with E-state index in [4.69, 9.17) is 23.7 Å². The Labute approximate surface area is 280 Å². The molecule has 3 unspecified atom stereocenters. The van der Waals surface area contributed by atoms with Gasteiger partial charge in [0, 0.05) is 55.8 Å². The molecule has 48 heavy (non-hydrogen) atoms. The Kier molecular flexibility index (Phi) is 9.99. The van der Waals surface area contributed by atoms with Gasteiger partial charge < -0.3 is 44.3 Å². The normalized spacial score (nSPS) is 22.3. The molecule has 3 atom stereocenters. The van der Waals surface area contributed by atoms with Gasteiger partial charge in [0.15, 0.2) is 12.1 Å².